The predicted molar refractivity (Wildman–Crippen MR) is 101 cm³/mol. The maximum absolute atomic E-state index is 12.2. The first-order valence-electron chi connectivity index (χ1n) is 8.08. The molecule has 0 saturated heterocycles. The number of benzene rings is 2. The van der Waals surface area contributed by atoms with Crippen molar-refractivity contribution < 1.29 is 19.1 Å². The molecule has 26 heavy (non-hydrogen) atoms. The average Bonchev–Trinajstić information content (AvgIpc) is 2.61. The summed E-state index contributed by atoms with van der Waals surface area (Å²) in [6.45, 7) is 1.56. The molecule has 0 unspecified atom stereocenters. The molecule has 0 spiro atoms. The number of amides is 2. The fourth-order valence-electron chi connectivity index (χ4n) is 2.63. The zero-order chi connectivity index (χ0) is 18.7. The van der Waals surface area contributed by atoms with Gasteiger partial charge < -0.3 is 15.4 Å². The summed E-state index contributed by atoms with van der Waals surface area (Å²) in [6, 6.07) is 10.5. The first-order chi connectivity index (χ1) is 12.4. The molecule has 0 aromatic heterocycles. The van der Waals surface area contributed by atoms with Gasteiger partial charge in [-0.25, -0.2) is 4.79 Å². The second-order valence-corrected chi connectivity index (χ2v) is 6.88. The van der Waals surface area contributed by atoms with E-state index in [9.17, 15) is 14.4 Å². The number of rotatable bonds is 4. The highest BCUT2D eigenvalue weighted by atomic mass is 79.9. The Morgan fingerprint density at radius 3 is 2.77 bits per heavy atom. The fourth-order valence-corrected chi connectivity index (χ4v) is 3.22. The highest BCUT2D eigenvalue weighted by Gasteiger charge is 2.18. The van der Waals surface area contributed by atoms with Gasteiger partial charge in [0.05, 0.1) is 11.3 Å². The van der Waals surface area contributed by atoms with Crippen LogP contribution in [0.25, 0.3) is 0 Å². The first kappa shape index (κ1) is 18.1. The van der Waals surface area contributed by atoms with Crippen LogP contribution in [0.5, 0.6) is 0 Å². The number of nitrogens with one attached hydrogen (secondary N) is 2. The molecule has 0 aliphatic carbocycles. The van der Waals surface area contributed by atoms with E-state index in [4.69, 9.17) is 4.74 Å². The highest BCUT2D eigenvalue weighted by molar-refractivity contribution is 9.10. The van der Waals surface area contributed by atoms with Gasteiger partial charge in [-0.05, 0) is 70.7 Å². The Morgan fingerprint density at radius 2 is 2.00 bits per heavy atom. The van der Waals surface area contributed by atoms with Crippen LogP contribution in [-0.4, -0.2) is 24.4 Å². The minimum atomic E-state index is -0.581. The van der Waals surface area contributed by atoms with Crippen molar-refractivity contribution >= 4 is 45.1 Å². The van der Waals surface area contributed by atoms with Crippen molar-refractivity contribution in [2.45, 2.75) is 19.8 Å². The summed E-state index contributed by atoms with van der Waals surface area (Å²) in [7, 11) is 0. The molecule has 6 nitrogen and oxygen atoms in total. The number of hydrogen-bond acceptors (Lipinski definition) is 4. The number of esters is 1. The summed E-state index contributed by atoms with van der Waals surface area (Å²) in [5.41, 5.74) is 3.61. The average molecular weight is 417 g/mol. The van der Waals surface area contributed by atoms with E-state index in [0.29, 0.717) is 29.8 Å². The van der Waals surface area contributed by atoms with E-state index in [1.807, 2.05) is 19.1 Å². The molecular weight excluding hydrogens is 400 g/mol. The van der Waals surface area contributed by atoms with E-state index in [0.717, 1.165) is 15.6 Å². The van der Waals surface area contributed by atoms with Crippen LogP contribution in [-0.2, 0) is 20.7 Å². The van der Waals surface area contributed by atoms with Crippen molar-refractivity contribution in [3.63, 3.8) is 0 Å². The van der Waals surface area contributed by atoms with E-state index < -0.39 is 11.9 Å². The monoisotopic (exact) mass is 416 g/mol. The molecule has 0 saturated carbocycles. The lowest BCUT2D eigenvalue weighted by Gasteiger charge is -2.17. The summed E-state index contributed by atoms with van der Waals surface area (Å²) >= 11 is 3.38. The topological polar surface area (TPSA) is 84.5 Å². The molecule has 0 fully saturated rings. The number of hydrogen-bond donors (Lipinski definition) is 2. The second-order valence-electron chi connectivity index (χ2n) is 6.03. The molecule has 1 aliphatic heterocycles. The SMILES string of the molecule is Cc1ccc(NC(=O)COC(=O)c2ccc3c(c2)CCC(=O)N3)c(Br)c1. The van der Waals surface area contributed by atoms with E-state index in [2.05, 4.69) is 26.6 Å². The largest absolute Gasteiger partial charge is 0.452 e. The van der Waals surface area contributed by atoms with Gasteiger partial charge in [0.2, 0.25) is 5.91 Å². The van der Waals surface area contributed by atoms with E-state index in [-0.39, 0.29) is 12.5 Å². The lowest BCUT2D eigenvalue weighted by molar-refractivity contribution is -0.119. The maximum Gasteiger partial charge on any atom is 0.338 e. The van der Waals surface area contributed by atoms with Crippen LogP contribution >= 0.6 is 15.9 Å². The number of anilines is 2. The van der Waals surface area contributed by atoms with Crippen molar-refractivity contribution in [3.05, 3.63) is 57.6 Å². The standard InChI is InChI=1S/C19H17BrN2O4/c1-11-2-5-16(14(20)8-11)22-18(24)10-26-19(25)13-3-6-15-12(9-13)4-7-17(23)21-15/h2-3,5-6,8-9H,4,7,10H2,1H3,(H,21,23)(H,22,24). The molecule has 0 atom stereocenters. The minimum Gasteiger partial charge on any atom is -0.452 e. The van der Waals surface area contributed by atoms with Crippen molar-refractivity contribution in [3.8, 4) is 0 Å². The van der Waals surface area contributed by atoms with Crippen molar-refractivity contribution in [2.75, 3.05) is 17.2 Å². The number of halogens is 1. The molecular formula is C19H17BrN2O4. The Balaban J connectivity index is 1.58. The van der Waals surface area contributed by atoms with Gasteiger partial charge in [-0.15, -0.1) is 0 Å². The molecule has 7 heteroatoms. The molecule has 2 aromatic rings. The molecule has 2 amide bonds. The Morgan fingerprint density at radius 1 is 1.19 bits per heavy atom. The van der Waals surface area contributed by atoms with Crippen LogP contribution in [0.2, 0.25) is 0 Å². The lowest BCUT2D eigenvalue weighted by Crippen LogP contribution is -2.22. The van der Waals surface area contributed by atoms with E-state index in [1.165, 1.54) is 0 Å². The number of ether oxygens (including phenoxy) is 1. The first-order valence-corrected chi connectivity index (χ1v) is 8.87. The summed E-state index contributed by atoms with van der Waals surface area (Å²) < 4.78 is 5.84. The molecule has 0 radical (unpaired) electrons. The molecule has 2 aromatic carbocycles. The summed E-state index contributed by atoms with van der Waals surface area (Å²) in [6.07, 6.45) is 0.962. The number of carbonyl (C=O) groups is 3. The second kappa shape index (κ2) is 7.70. The maximum atomic E-state index is 12.2. The van der Waals surface area contributed by atoms with Gasteiger partial charge in [-0.3, -0.25) is 9.59 Å². The van der Waals surface area contributed by atoms with Crippen molar-refractivity contribution in [1.29, 1.82) is 0 Å². The van der Waals surface area contributed by atoms with Crippen LogP contribution in [0.3, 0.4) is 0 Å². The van der Waals surface area contributed by atoms with E-state index in [1.54, 1.807) is 24.3 Å². The molecule has 1 heterocycles. The summed E-state index contributed by atoms with van der Waals surface area (Å²) in [5, 5.41) is 5.44. The van der Waals surface area contributed by atoms with Crippen LogP contribution in [0.4, 0.5) is 11.4 Å². The lowest BCUT2D eigenvalue weighted by atomic mass is 10.0. The normalized spacial score (nSPS) is 12.8. The fraction of sp³-hybridized carbons (Fsp3) is 0.211. The van der Waals surface area contributed by atoms with Gasteiger partial charge in [-0.1, -0.05) is 6.07 Å². The highest BCUT2D eigenvalue weighted by Crippen LogP contribution is 2.24. The zero-order valence-electron chi connectivity index (χ0n) is 14.1. The smallest absolute Gasteiger partial charge is 0.338 e. The van der Waals surface area contributed by atoms with Gasteiger partial charge in [0.1, 0.15) is 0 Å². The third-order valence-corrected chi connectivity index (χ3v) is 4.63. The Labute approximate surface area is 159 Å². The summed E-state index contributed by atoms with van der Waals surface area (Å²) in [5.74, 6) is -1.04. The molecule has 2 N–H and O–H groups in total. The number of aryl methyl sites for hydroxylation is 2. The van der Waals surface area contributed by atoms with E-state index >= 15 is 0 Å². The molecule has 134 valence electrons. The van der Waals surface area contributed by atoms with Gasteiger partial charge in [0.25, 0.3) is 5.91 Å². The summed E-state index contributed by atoms with van der Waals surface area (Å²) in [4.78, 5) is 35.5. The number of carbonyl (C=O) groups excluding carboxylic acids is 3. The van der Waals surface area contributed by atoms with Gasteiger partial charge in [-0.2, -0.15) is 0 Å². The Kier molecular flexibility index (Phi) is 5.37. The third kappa shape index (κ3) is 4.29. The quantitative estimate of drug-likeness (QED) is 0.747. The Hall–Kier alpha value is -2.67. The third-order valence-electron chi connectivity index (χ3n) is 3.97. The van der Waals surface area contributed by atoms with Gasteiger partial charge in [0, 0.05) is 16.6 Å². The molecule has 1 aliphatic rings. The van der Waals surface area contributed by atoms with Gasteiger partial charge >= 0.3 is 5.97 Å². The Bertz CT molecular complexity index is 895. The minimum absolute atomic E-state index is 0.0354. The molecule has 0 bridgehead atoms. The number of fused-ring (bicyclic) bond motifs is 1. The van der Waals surface area contributed by atoms with Crippen LogP contribution in [0.1, 0.15) is 27.9 Å². The van der Waals surface area contributed by atoms with Crippen LogP contribution < -0.4 is 10.6 Å². The zero-order valence-corrected chi connectivity index (χ0v) is 15.7. The predicted octanol–water partition coefficient (Wildman–Crippen LogP) is 3.44. The van der Waals surface area contributed by atoms with Crippen molar-refractivity contribution in [1.82, 2.24) is 0 Å². The van der Waals surface area contributed by atoms with Gasteiger partial charge in [0.15, 0.2) is 6.61 Å². The van der Waals surface area contributed by atoms with Crippen molar-refractivity contribution in [2.24, 2.45) is 0 Å². The molecule has 3 rings (SSSR count). The van der Waals surface area contributed by atoms with Crippen LogP contribution in [0.15, 0.2) is 40.9 Å². The van der Waals surface area contributed by atoms with Crippen LogP contribution in [0, 0.1) is 6.92 Å².